The summed E-state index contributed by atoms with van der Waals surface area (Å²) in [6.07, 6.45) is 6.92. The van der Waals surface area contributed by atoms with E-state index in [1.165, 1.54) is 37.8 Å². The molecule has 4 aliphatic carbocycles. The van der Waals surface area contributed by atoms with Gasteiger partial charge in [0, 0.05) is 18.2 Å². The molecule has 0 spiro atoms. The van der Waals surface area contributed by atoms with Gasteiger partial charge in [0.2, 0.25) is 5.91 Å². The largest absolute Gasteiger partial charge is 0.484 e. The molecule has 176 valence electrons. The zero-order valence-electron chi connectivity index (χ0n) is 19.2. The summed E-state index contributed by atoms with van der Waals surface area (Å²) in [4.78, 5) is 25.0. The second-order valence-electron chi connectivity index (χ2n) is 11.3. The number of ether oxygens (including phenoxy) is 1. The predicted molar refractivity (Wildman–Crippen MR) is 122 cm³/mol. The number of benzene rings is 1. The fourth-order valence-electron chi connectivity index (χ4n) is 5.87. The molecule has 0 saturated heterocycles. The number of rotatable bonds is 7. The van der Waals surface area contributed by atoms with Gasteiger partial charge in [-0.25, -0.2) is 4.39 Å². The third-order valence-electron chi connectivity index (χ3n) is 7.80. The first-order valence-electron chi connectivity index (χ1n) is 11.7. The lowest BCUT2D eigenvalue weighted by atomic mass is 9.39. The second kappa shape index (κ2) is 8.51. The average Bonchev–Trinajstić information content (AvgIpc) is 2.68. The molecule has 5 nitrogen and oxygen atoms in total. The number of carbonyl (C=O) groups is 2. The van der Waals surface area contributed by atoms with Crippen LogP contribution >= 0.6 is 11.6 Å². The van der Waals surface area contributed by atoms with Crippen LogP contribution < -0.4 is 15.4 Å². The number of nitrogens with one attached hydrogen (secondary N) is 2. The van der Waals surface area contributed by atoms with Crippen molar-refractivity contribution in [1.82, 2.24) is 10.6 Å². The van der Waals surface area contributed by atoms with E-state index in [0.29, 0.717) is 30.6 Å². The van der Waals surface area contributed by atoms with E-state index in [0.717, 1.165) is 18.5 Å². The molecule has 1 aromatic rings. The lowest BCUT2D eigenvalue weighted by Crippen LogP contribution is -2.78. The van der Waals surface area contributed by atoms with Crippen molar-refractivity contribution in [3.63, 3.8) is 0 Å². The van der Waals surface area contributed by atoms with Crippen molar-refractivity contribution in [3.05, 3.63) is 29.0 Å². The Morgan fingerprint density at radius 3 is 2.41 bits per heavy atom. The van der Waals surface area contributed by atoms with E-state index in [1.807, 2.05) is 0 Å². The van der Waals surface area contributed by atoms with Gasteiger partial charge in [-0.05, 0) is 74.3 Å². The molecule has 1 aromatic carbocycles. The molecule has 4 aliphatic rings. The van der Waals surface area contributed by atoms with Crippen molar-refractivity contribution in [3.8, 4) is 5.75 Å². The van der Waals surface area contributed by atoms with E-state index in [1.54, 1.807) is 0 Å². The Labute approximate surface area is 194 Å². The van der Waals surface area contributed by atoms with Gasteiger partial charge >= 0.3 is 0 Å². The second-order valence-corrected chi connectivity index (χ2v) is 11.7. The van der Waals surface area contributed by atoms with Crippen LogP contribution in [0.1, 0.15) is 65.7 Å². The molecule has 0 aromatic heterocycles. The van der Waals surface area contributed by atoms with Crippen molar-refractivity contribution >= 4 is 23.4 Å². The third kappa shape index (κ3) is 4.75. The highest BCUT2D eigenvalue weighted by Crippen LogP contribution is 2.67. The summed E-state index contributed by atoms with van der Waals surface area (Å²) in [7, 11) is 0. The average molecular weight is 465 g/mol. The fraction of sp³-hybridized carbons (Fsp3) is 0.680. The van der Waals surface area contributed by atoms with E-state index < -0.39 is 5.82 Å². The number of carbonyl (C=O) groups excluding carboxylic acids is 2. The molecule has 32 heavy (non-hydrogen) atoms. The van der Waals surface area contributed by atoms with Gasteiger partial charge in [-0.2, -0.15) is 0 Å². The van der Waals surface area contributed by atoms with Crippen LogP contribution in [0.4, 0.5) is 4.39 Å². The lowest BCUT2D eigenvalue weighted by Gasteiger charge is -2.69. The van der Waals surface area contributed by atoms with Crippen LogP contribution in [0.3, 0.4) is 0 Å². The van der Waals surface area contributed by atoms with Gasteiger partial charge in [-0.3, -0.25) is 9.59 Å². The van der Waals surface area contributed by atoms with Crippen LogP contribution in [0.5, 0.6) is 5.75 Å². The van der Waals surface area contributed by atoms with Gasteiger partial charge in [0.1, 0.15) is 11.6 Å². The normalized spacial score (nSPS) is 31.2. The number of hydrogen-bond donors (Lipinski definition) is 2. The topological polar surface area (TPSA) is 67.4 Å². The highest BCUT2D eigenvalue weighted by molar-refractivity contribution is 6.30. The minimum Gasteiger partial charge on any atom is -0.484 e. The van der Waals surface area contributed by atoms with Crippen LogP contribution in [-0.2, 0) is 9.59 Å². The Morgan fingerprint density at radius 2 is 1.81 bits per heavy atom. The Kier molecular flexibility index (Phi) is 6.21. The van der Waals surface area contributed by atoms with Gasteiger partial charge < -0.3 is 15.4 Å². The highest BCUT2D eigenvalue weighted by atomic mass is 35.5. The van der Waals surface area contributed by atoms with Crippen LogP contribution in [0.25, 0.3) is 0 Å². The van der Waals surface area contributed by atoms with E-state index in [4.69, 9.17) is 16.3 Å². The molecule has 2 amide bonds. The van der Waals surface area contributed by atoms with Gasteiger partial charge in [-0.1, -0.05) is 32.4 Å². The first kappa shape index (κ1) is 23.3. The van der Waals surface area contributed by atoms with Gasteiger partial charge in [0.05, 0.1) is 10.4 Å². The lowest BCUT2D eigenvalue weighted by molar-refractivity contribution is -0.184. The molecule has 0 aliphatic heterocycles. The summed E-state index contributed by atoms with van der Waals surface area (Å²) in [5, 5.41) is 6.20. The zero-order valence-corrected chi connectivity index (χ0v) is 20.0. The summed E-state index contributed by atoms with van der Waals surface area (Å²) < 4.78 is 18.8. The molecule has 2 bridgehead atoms. The Morgan fingerprint density at radius 1 is 1.16 bits per heavy atom. The maximum Gasteiger partial charge on any atom is 0.258 e. The molecular formula is C25H34ClFN2O3. The quantitative estimate of drug-likeness (QED) is 0.605. The SMILES string of the molecule is CC(C)(C)C1CCC(CNC(=O)C23CC(NC(=O)COc4ccc(Cl)c(F)c4)(C2)C3)CC1. The summed E-state index contributed by atoms with van der Waals surface area (Å²) >= 11 is 5.65. The van der Waals surface area contributed by atoms with E-state index in [-0.39, 0.29) is 40.1 Å². The molecule has 0 radical (unpaired) electrons. The monoisotopic (exact) mass is 464 g/mol. The summed E-state index contributed by atoms with van der Waals surface area (Å²) in [6, 6.07) is 4.07. The summed E-state index contributed by atoms with van der Waals surface area (Å²) in [6.45, 7) is 7.53. The molecular weight excluding hydrogens is 431 g/mol. The summed E-state index contributed by atoms with van der Waals surface area (Å²) in [5.74, 6) is 0.905. The zero-order chi connectivity index (χ0) is 23.1. The Bertz CT molecular complexity index is 870. The standard InChI is InChI=1S/C25H34ClFN2O3/c1-23(2,3)17-6-4-16(5-7-17)11-28-22(31)24-13-25(14-24,15-24)29-21(30)12-32-18-8-9-19(26)20(27)10-18/h8-10,16-17H,4-7,11-15H2,1-3H3,(H,28,31)(H,29,30). The molecule has 4 fully saturated rings. The first-order chi connectivity index (χ1) is 15.0. The van der Waals surface area contributed by atoms with Crippen LogP contribution in [0, 0.1) is 28.5 Å². The van der Waals surface area contributed by atoms with Gasteiger partial charge in [0.25, 0.3) is 5.91 Å². The Hall–Kier alpha value is -1.82. The van der Waals surface area contributed by atoms with E-state index in [2.05, 4.69) is 31.4 Å². The minimum atomic E-state index is -0.584. The Balaban J connectivity index is 1.15. The molecule has 2 N–H and O–H groups in total. The van der Waals surface area contributed by atoms with E-state index in [9.17, 15) is 14.0 Å². The number of hydrogen-bond acceptors (Lipinski definition) is 3. The number of halogens is 2. The fourth-order valence-corrected chi connectivity index (χ4v) is 5.98. The first-order valence-corrected chi connectivity index (χ1v) is 12.1. The van der Waals surface area contributed by atoms with Crippen molar-refractivity contribution in [2.75, 3.05) is 13.2 Å². The van der Waals surface area contributed by atoms with Crippen LogP contribution in [0.15, 0.2) is 18.2 Å². The maximum atomic E-state index is 13.5. The molecule has 4 saturated carbocycles. The molecule has 5 rings (SSSR count). The van der Waals surface area contributed by atoms with E-state index >= 15 is 0 Å². The van der Waals surface area contributed by atoms with Crippen LogP contribution in [-0.4, -0.2) is 30.5 Å². The molecule has 0 atom stereocenters. The smallest absolute Gasteiger partial charge is 0.258 e. The summed E-state index contributed by atoms with van der Waals surface area (Å²) in [5.41, 5.74) is -0.224. The third-order valence-corrected chi connectivity index (χ3v) is 8.11. The number of amides is 2. The van der Waals surface area contributed by atoms with Crippen LogP contribution in [0.2, 0.25) is 5.02 Å². The van der Waals surface area contributed by atoms with Gasteiger partial charge in [0.15, 0.2) is 6.61 Å². The molecule has 0 heterocycles. The van der Waals surface area contributed by atoms with Crippen molar-refractivity contribution in [1.29, 1.82) is 0 Å². The predicted octanol–water partition coefficient (Wildman–Crippen LogP) is 4.87. The minimum absolute atomic E-state index is 0.0110. The highest BCUT2D eigenvalue weighted by Gasteiger charge is 2.72. The van der Waals surface area contributed by atoms with Crippen molar-refractivity contribution in [2.24, 2.45) is 22.7 Å². The molecule has 0 unspecified atom stereocenters. The van der Waals surface area contributed by atoms with Crippen molar-refractivity contribution in [2.45, 2.75) is 71.3 Å². The maximum absolute atomic E-state index is 13.5. The van der Waals surface area contributed by atoms with Crippen molar-refractivity contribution < 1.29 is 18.7 Å². The van der Waals surface area contributed by atoms with Gasteiger partial charge in [-0.15, -0.1) is 0 Å². The molecule has 7 heteroatoms.